The first-order valence-corrected chi connectivity index (χ1v) is 4.36. The molecule has 0 aliphatic carbocycles. The van der Waals surface area contributed by atoms with Crippen LogP contribution in [0.5, 0.6) is 0 Å². The fourth-order valence-corrected chi connectivity index (χ4v) is 1.80. The molecule has 0 saturated carbocycles. The van der Waals surface area contributed by atoms with Crippen LogP contribution in [0.1, 0.15) is 36.8 Å². The SMILES string of the molecule is Cc1cc(CO)c(C)n1C(C)C. The molecule has 12 heavy (non-hydrogen) atoms. The quantitative estimate of drug-likeness (QED) is 0.717. The third-order valence-electron chi connectivity index (χ3n) is 2.28. The number of aromatic nitrogens is 1. The average molecular weight is 167 g/mol. The lowest BCUT2D eigenvalue weighted by molar-refractivity contribution is 0.280. The van der Waals surface area contributed by atoms with E-state index in [1.54, 1.807) is 0 Å². The molecule has 0 spiro atoms. The zero-order valence-corrected chi connectivity index (χ0v) is 8.26. The van der Waals surface area contributed by atoms with Crippen LogP contribution in [0.3, 0.4) is 0 Å². The van der Waals surface area contributed by atoms with E-state index in [1.807, 2.05) is 0 Å². The maximum absolute atomic E-state index is 9.02. The zero-order valence-electron chi connectivity index (χ0n) is 8.26. The maximum Gasteiger partial charge on any atom is 0.0699 e. The van der Waals surface area contributed by atoms with E-state index in [-0.39, 0.29) is 6.61 Å². The van der Waals surface area contributed by atoms with Crippen LogP contribution in [-0.4, -0.2) is 9.67 Å². The zero-order chi connectivity index (χ0) is 9.30. The second-order valence-electron chi connectivity index (χ2n) is 3.52. The first kappa shape index (κ1) is 9.33. The van der Waals surface area contributed by atoms with E-state index in [2.05, 4.69) is 38.3 Å². The molecule has 1 heterocycles. The second-order valence-corrected chi connectivity index (χ2v) is 3.52. The average Bonchev–Trinajstić information content (AvgIpc) is 2.25. The van der Waals surface area contributed by atoms with Gasteiger partial charge in [0.15, 0.2) is 0 Å². The highest BCUT2D eigenvalue weighted by Gasteiger charge is 2.09. The van der Waals surface area contributed by atoms with Gasteiger partial charge in [-0.1, -0.05) is 0 Å². The minimum absolute atomic E-state index is 0.145. The topological polar surface area (TPSA) is 25.2 Å². The molecule has 0 atom stereocenters. The molecule has 0 unspecified atom stereocenters. The summed E-state index contributed by atoms with van der Waals surface area (Å²) in [5.41, 5.74) is 3.46. The van der Waals surface area contributed by atoms with Crippen molar-refractivity contribution in [1.29, 1.82) is 0 Å². The minimum atomic E-state index is 0.145. The van der Waals surface area contributed by atoms with E-state index in [0.29, 0.717) is 6.04 Å². The smallest absolute Gasteiger partial charge is 0.0699 e. The number of rotatable bonds is 2. The lowest BCUT2D eigenvalue weighted by Crippen LogP contribution is -2.05. The molecule has 0 aromatic carbocycles. The van der Waals surface area contributed by atoms with E-state index >= 15 is 0 Å². The standard InChI is InChI=1S/C10H17NO/c1-7(2)11-8(3)5-10(6-12)9(11)4/h5,7,12H,6H2,1-4H3. The molecule has 0 aliphatic rings. The maximum atomic E-state index is 9.02. The van der Waals surface area contributed by atoms with Crippen molar-refractivity contribution in [1.82, 2.24) is 4.57 Å². The van der Waals surface area contributed by atoms with Gasteiger partial charge in [0.2, 0.25) is 0 Å². The Bertz CT molecular complexity index is 274. The van der Waals surface area contributed by atoms with Gasteiger partial charge >= 0.3 is 0 Å². The third-order valence-corrected chi connectivity index (χ3v) is 2.28. The molecule has 1 aromatic heterocycles. The van der Waals surface area contributed by atoms with Crippen LogP contribution in [0.15, 0.2) is 6.07 Å². The summed E-state index contributed by atoms with van der Waals surface area (Å²) in [5.74, 6) is 0. The highest BCUT2D eigenvalue weighted by atomic mass is 16.3. The summed E-state index contributed by atoms with van der Waals surface area (Å²) in [6.07, 6.45) is 0. The summed E-state index contributed by atoms with van der Waals surface area (Å²) in [6, 6.07) is 2.53. The lowest BCUT2D eigenvalue weighted by Gasteiger charge is -2.13. The van der Waals surface area contributed by atoms with Gasteiger partial charge in [-0.25, -0.2) is 0 Å². The molecule has 1 aromatic rings. The highest BCUT2D eigenvalue weighted by Crippen LogP contribution is 2.19. The predicted molar refractivity (Wildman–Crippen MR) is 50.2 cm³/mol. The van der Waals surface area contributed by atoms with Gasteiger partial charge in [-0.15, -0.1) is 0 Å². The summed E-state index contributed by atoms with van der Waals surface area (Å²) < 4.78 is 2.24. The Kier molecular flexibility index (Phi) is 2.58. The van der Waals surface area contributed by atoms with Crippen molar-refractivity contribution in [3.8, 4) is 0 Å². The number of aliphatic hydroxyl groups is 1. The van der Waals surface area contributed by atoms with Crippen LogP contribution in [0.2, 0.25) is 0 Å². The molecule has 0 saturated heterocycles. The molecule has 2 nitrogen and oxygen atoms in total. The molecule has 0 bridgehead atoms. The summed E-state index contributed by atoms with van der Waals surface area (Å²) in [6.45, 7) is 8.58. The molecular formula is C10H17NO. The third kappa shape index (κ3) is 1.39. The van der Waals surface area contributed by atoms with Crippen LogP contribution in [0.25, 0.3) is 0 Å². The molecule has 2 heteroatoms. The number of nitrogens with zero attached hydrogens (tertiary/aromatic N) is 1. The van der Waals surface area contributed by atoms with Crippen molar-refractivity contribution in [2.24, 2.45) is 0 Å². The number of aryl methyl sites for hydroxylation is 1. The van der Waals surface area contributed by atoms with Gasteiger partial charge in [-0.3, -0.25) is 0 Å². The Balaban J connectivity index is 3.19. The van der Waals surface area contributed by atoms with Crippen molar-refractivity contribution in [2.75, 3.05) is 0 Å². The minimum Gasteiger partial charge on any atom is -0.392 e. The monoisotopic (exact) mass is 167 g/mol. The molecule has 0 radical (unpaired) electrons. The highest BCUT2D eigenvalue weighted by molar-refractivity contribution is 5.26. The van der Waals surface area contributed by atoms with E-state index < -0.39 is 0 Å². The van der Waals surface area contributed by atoms with Crippen LogP contribution in [0.4, 0.5) is 0 Å². The fraction of sp³-hybridized carbons (Fsp3) is 0.600. The van der Waals surface area contributed by atoms with Crippen molar-refractivity contribution in [3.05, 3.63) is 23.0 Å². The van der Waals surface area contributed by atoms with E-state index in [1.165, 1.54) is 11.4 Å². The van der Waals surface area contributed by atoms with Gasteiger partial charge in [0.1, 0.15) is 0 Å². The molecular weight excluding hydrogens is 150 g/mol. The summed E-state index contributed by atoms with van der Waals surface area (Å²) >= 11 is 0. The van der Waals surface area contributed by atoms with E-state index in [9.17, 15) is 0 Å². The van der Waals surface area contributed by atoms with Gasteiger partial charge in [-0.2, -0.15) is 0 Å². The molecule has 0 amide bonds. The van der Waals surface area contributed by atoms with Crippen LogP contribution >= 0.6 is 0 Å². The Morgan fingerprint density at radius 1 is 1.42 bits per heavy atom. The van der Waals surface area contributed by atoms with Gasteiger partial charge in [0, 0.05) is 17.4 Å². The van der Waals surface area contributed by atoms with Gasteiger partial charge in [-0.05, 0) is 39.3 Å². The van der Waals surface area contributed by atoms with Crippen LogP contribution in [-0.2, 0) is 6.61 Å². The second kappa shape index (κ2) is 3.31. The van der Waals surface area contributed by atoms with Crippen LogP contribution < -0.4 is 0 Å². The molecule has 0 aliphatic heterocycles. The summed E-state index contributed by atoms with van der Waals surface area (Å²) in [7, 11) is 0. The van der Waals surface area contributed by atoms with Crippen molar-refractivity contribution in [2.45, 2.75) is 40.3 Å². The predicted octanol–water partition coefficient (Wildman–Crippen LogP) is 2.18. The van der Waals surface area contributed by atoms with Crippen molar-refractivity contribution in [3.63, 3.8) is 0 Å². The fourth-order valence-electron chi connectivity index (χ4n) is 1.80. The first-order valence-electron chi connectivity index (χ1n) is 4.36. The summed E-state index contributed by atoms with van der Waals surface area (Å²) in [5, 5.41) is 9.02. The lowest BCUT2D eigenvalue weighted by atomic mass is 10.2. The van der Waals surface area contributed by atoms with Gasteiger partial charge in [0.25, 0.3) is 0 Å². The normalized spacial score (nSPS) is 11.2. The number of aliphatic hydroxyl groups excluding tert-OH is 1. The first-order chi connectivity index (χ1) is 5.57. The van der Waals surface area contributed by atoms with Crippen LogP contribution in [0, 0.1) is 13.8 Å². The van der Waals surface area contributed by atoms with Crippen molar-refractivity contribution < 1.29 is 5.11 Å². The molecule has 1 N–H and O–H groups in total. The Hall–Kier alpha value is -0.760. The van der Waals surface area contributed by atoms with Gasteiger partial charge in [0.05, 0.1) is 6.61 Å². The largest absolute Gasteiger partial charge is 0.392 e. The van der Waals surface area contributed by atoms with Crippen molar-refractivity contribution >= 4 is 0 Å². The van der Waals surface area contributed by atoms with Gasteiger partial charge < -0.3 is 9.67 Å². The Labute approximate surface area is 73.8 Å². The number of hydrogen-bond donors (Lipinski definition) is 1. The Morgan fingerprint density at radius 2 is 2.00 bits per heavy atom. The van der Waals surface area contributed by atoms with E-state index in [4.69, 9.17) is 5.11 Å². The summed E-state index contributed by atoms with van der Waals surface area (Å²) in [4.78, 5) is 0. The molecule has 1 rings (SSSR count). The molecule has 68 valence electrons. The van der Waals surface area contributed by atoms with E-state index in [0.717, 1.165) is 5.56 Å². The molecule has 0 fully saturated rings. The number of hydrogen-bond acceptors (Lipinski definition) is 1. The Morgan fingerprint density at radius 3 is 2.25 bits per heavy atom.